The van der Waals surface area contributed by atoms with Crippen LogP contribution in [-0.2, 0) is 9.59 Å². The Kier molecular flexibility index (Phi) is 3.42. The lowest BCUT2D eigenvalue weighted by Gasteiger charge is -2.17. The largest absolute Gasteiger partial charge is 0.341 e. The van der Waals surface area contributed by atoms with Gasteiger partial charge < -0.3 is 10.2 Å². The van der Waals surface area contributed by atoms with Gasteiger partial charge in [-0.15, -0.1) is 6.58 Å². The third kappa shape index (κ3) is 2.14. The quantitative estimate of drug-likeness (QED) is 0.843. The van der Waals surface area contributed by atoms with Crippen molar-refractivity contribution in [3.05, 3.63) is 41.5 Å². The number of nitrogens with zero attached hydrogens (tertiary/aromatic N) is 1. The molecule has 1 N–H and O–H groups in total. The van der Waals surface area contributed by atoms with E-state index in [9.17, 15) is 9.59 Å². The zero-order valence-corrected chi connectivity index (χ0v) is 11.5. The Morgan fingerprint density at radius 2 is 2.05 bits per heavy atom. The van der Waals surface area contributed by atoms with Crippen molar-refractivity contribution in [3.63, 3.8) is 0 Å². The number of hydrogen-bond donors (Lipinski definition) is 1. The van der Waals surface area contributed by atoms with Gasteiger partial charge in [-0.05, 0) is 25.0 Å². The summed E-state index contributed by atoms with van der Waals surface area (Å²) in [4.78, 5) is 25.5. The van der Waals surface area contributed by atoms with Crippen LogP contribution in [0, 0.1) is 13.8 Å². The SMILES string of the molecule is C=CCN1C(=O)C(NC(C)=O)c2c(C)ccc(C)c21. The second kappa shape index (κ2) is 4.88. The highest BCUT2D eigenvalue weighted by Crippen LogP contribution is 2.40. The first-order chi connectivity index (χ1) is 8.97. The van der Waals surface area contributed by atoms with E-state index in [1.54, 1.807) is 11.0 Å². The highest BCUT2D eigenvalue weighted by atomic mass is 16.2. The summed E-state index contributed by atoms with van der Waals surface area (Å²) in [6, 6.07) is 3.40. The van der Waals surface area contributed by atoms with Crippen molar-refractivity contribution >= 4 is 17.5 Å². The molecule has 2 amide bonds. The van der Waals surface area contributed by atoms with Crippen LogP contribution in [0.3, 0.4) is 0 Å². The average Bonchev–Trinajstić information content (AvgIpc) is 2.60. The van der Waals surface area contributed by atoms with Gasteiger partial charge in [-0.3, -0.25) is 9.59 Å². The fourth-order valence-corrected chi connectivity index (χ4v) is 2.58. The third-order valence-corrected chi connectivity index (χ3v) is 3.37. The molecule has 0 saturated carbocycles. The van der Waals surface area contributed by atoms with Gasteiger partial charge in [0, 0.05) is 19.0 Å². The highest BCUT2D eigenvalue weighted by molar-refractivity contribution is 6.07. The molecule has 1 aliphatic rings. The Morgan fingerprint density at radius 1 is 1.42 bits per heavy atom. The van der Waals surface area contributed by atoms with Gasteiger partial charge >= 0.3 is 0 Å². The van der Waals surface area contributed by atoms with E-state index in [-0.39, 0.29) is 11.8 Å². The maximum atomic E-state index is 12.5. The zero-order chi connectivity index (χ0) is 14.2. The van der Waals surface area contributed by atoms with Crippen LogP contribution in [0.1, 0.15) is 29.7 Å². The number of rotatable bonds is 3. The first-order valence-corrected chi connectivity index (χ1v) is 6.26. The van der Waals surface area contributed by atoms with E-state index in [2.05, 4.69) is 11.9 Å². The van der Waals surface area contributed by atoms with Crippen molar-refractivity contribution < 1.29 is 9.59 Å². The van der Waals surface area contributed by atoms with E-state index in [4.69, 9.17) is 0 Å². The molecule has 100 valence electrons. The van der Waals surface area contributed by atoms with Crippen LogP contribution in [0.25, 0.3) is 0 Å². The van der Waals surface area contributed by atoms with Crippen molar-refractivity contribution in [2.45, 2.75) is 26.8 Å². The number of nitrogens with one attached hydrogen (secondary N) is 1. The molecule has 4 nitrogen and oxygen atoms in total. The van der Waals surface area contributed by atoms with Gasteiger partial charge in [0.2, 0.25) is 5.91 Å². The molecule has 0 aromatic heterocycles. The molecule has 1 aromatic carbocycles. The number of anilines is 1. The van der Waals surface area contributed by atoms with Crippen molar-refractivity contribution in [2.24, 2.45) is 0 Å². The van der Waals surface area contributed by atoms with E-state index in [0.29, 0.717) is 6.54 Å². The molecule has 1 aromatic rings. The molecule has 1 aliphatic heterocycles. The monoisotopic (exact) mass is 258 g/mol. The van der Waals surface area contributed by atoms with Crippen molar-refractivity contribution in [1.82, 2.24) is 5.32 Å². The Hall–Kier alpha value is -2.10. The topological polar surface area (TPSA) is 49.4 Å². The zero-order valence-electron chi connectivity index (χ0n) is 11.5. The summed E-state index contributed by atoms with van der Waals surface area (Å²) in [6.07, 6.45) is 1.69. The number of benzene rings is 1. The Balaban J connectivity index is 2.59. The van der Waals surface area contributed by atoms with Crippen LogP contribution in [0.4, 0.5) is 5.69 Å². The van der Waals surface area contributed by atoms with Crippen LogP contribution in [-0.4, -0.2) is 18.4 Å². The standard InChI is InChI=1S/C15H18N2O2/c1-5-8-17-14-10(3)7-6-9(2)12(14)13(15(17)19)16-11(4)18/h5-7,13H,1,8H2,2-4H3,(H,16,18). The number of hydrogen-bond acceptors (Lipinski definition) is 2. The van der Waals surface area contributed by atoms with E-state index in [0.717, 1.165) is 22.4 Å². The Bertz CT molecular complexity index is 564. The minimum atomic E-state index is -0.577. The van der Waals surface area contributed by atoms with Crippen molar-refractivity contribution in [2.75, 3.05) is 11.4 Å². The molecule has 0 fully saturated rings. The summed E-state index contributed by atoms with van der Waals surface area (Å²) in [5.74, 6) is -0.298. The lowest BCUT2D eigenvalue weighted by atomic mass is 9.99. The smallest absolute Gasteiger partial charge is 0.254 e. The minimum absolute atomic E-state index is 0.0949. The molecule has 1 heterocycles. The van der Waals surface area contributed by atoms with E-state index >= 15 is 0 Å². The van der Waals surface area contributed by atoms with Gasteiger partial charge in [-0.2, -0.15) is 0 Å². The molecule has 0 bridgehead atoms. The maximum Gasteiger partial charge on any atom is 0.254 e. The van der Waals surface area contributed by atoms with Crippen molar-refractivity contribution in [1.29, 1.82) is 0 Å². The molecule has 0 radical (unpaired) electrons. The van der Waals surface area contributed by atoms with Crippen LogP contribution in [0.15, 0.2) is 24.8 Å². The van der Waals surface area contributed by atoms with Crippen LogP contribution in [0.2, 0.25) is 0 Å². The molecule has 4 heteroatoms. The molecule has 2 rings (SSSR count). The molecular weight excluding hydrogens is 240 g/mol. The fourth-order valence-electron chi connectivity index (χ4n) is 2.58. The third-order valence-electron chi connectivity index (χ3n) is 3.37. The summed E-state index contributed by atoms with van der Waals surface area (Å²) < 4.78 is 0. The first kappa shape index (κ1) is 13.3. The van der Waals surface area contributed by atoms with E-state index in [1.807, 2.05) is 26.0 Å². The predicted molar refractivity (Wildman–Crippen MR) is 75.0 cm³/mol. The van der Waals surface area contributed by atoms with Gasteiger partial charge in [0.05, 0.1) is 5.69 Å². The van der Waals surface area contributed by atoms with Crippen LogP contribution < -0.4 is 10.2 Å². The normalized spacial score (nSPS) is 17.3. The summed E-state index contributed by atoms with van der Waals surface area (Å²) in [6.45, 7) is 9.49. The summed E-state index contributed by atoms with van der Waals surface area (Å²) in [5.41, 5.74) is 3.86. The first-order valence-electron chi connectivity index (χ1n) is 6.26. The summed E-state index contributed by atoms with van der Waals surface area (Å²) >= 11 is 0. The second-order valence-corrected chi connectivity index (χ2v) is 4.83. The number of carbonyl (C=O) groups is 2. The van der Waals surface area contributed by atoms with Gasteiger partial charge in [-0.25, -0.2) is 0 Å². The van der Waals surface area contributed by atoms with Gasteiger partial charge in [0.15, 0.2) is 0 Å². The number of carbonyl (C=O) groups excluding carboxylic acids is 2. The molecule has 0 aliphatic carbocycles. The maximum absolute atomic E-state index is 12.5. The molecule has 1 unspecified atom stereocenters. The molecule has 1 atom stereocenters. The molecule has 19 heavy (non-hydrogen) atoms. The summed E-state index contributed by atoms with van der Waals surface area (Å²) in [5, 5.41) is 2.74. The Morgan fingerprint density at radius 3 is 2.63 bits per heavy atom. The second-order valence-electron chi connectivity index (χ2n) is 4.83. The average molecular weight is 258 g/mol. The fraction of sp³-hybridized carbons (Fsp3) is 0.333. The van der Waals surface area contributed by atoms with E-state index < -0.39 is 6.04 Å². The number of amides is 2. The lowest BCUT2D eigenvalue weighted by Crippen LogP contribution is -2.36. The summed E-state index contributed by atoms with van der Waals surface area (Å²) in [7, 11) is 0. The minimum Gasteiger partial charge on any atom is -0.341 e. The van der Waals surface area contributed by atoms with Crippen LogP contribution in [0.5, 0.6) is 0 Å². The molecule has 0 saturated heterocycles. The van der Waals surface area contributed by atoms with Crippen LogP contribution >= 0.6 is 0 Å². The van der Waals surface area contributed by atoms with Gasteiger partial charge in [-0.1, -0.05) is 18.2 Å². The van der Waals surface area contributed by atoms with Crippen molar-refractivity contribution in [3.8, 4) is 0 Å². The Labute approximate surface area is 113 Å². The molecular formula is C15H18N2O2. The van der Waals surface area contributed by atoms with Gasteiger partial charge in [0.1, 0.15) is 6.04 Å². The highest BCUT2D eigenvalue weighted by Gasteiger charge is 2.39. The van der Waals surface area contributed by atoms with Gasteiger partial charge in [0.25, 0.3) is 5.91 Å². The number of fused-ring (bicyclic) bond motifs is 1. The predicted octanol–water partition coefficient (Wildman–Crippen LogP) is 2.01. The lowest BCUT2D eigenvalue weighted by molar-refractivity contribution is -0.126. The molecule has 0 spiro atoms. The van der Waals surface area contributed by atoms with E-state index in [1.165, 1.54) is 6.92 Å². The number of aryl methyl sites for hydroxylation is 2.